The Balaban J connectivity index is 4.58. The lowest BCUT2D eigenvalue weighted by atomic mass is 10.5. The highest BCUT2D eigenvalue weighted by Crippen LogP contribution is 1.58. The summed E-state index contributed by atoms with van der Waals surface area (Å²) in [6.07, 6.45) is 7.31. The molecule has 0 aromatic carbocycles. The Labute approximate surface area is 78.0 Å². The highest BCUT2D eigenvalue weighted by molar-refractivity contribution is 5.35. The summed E-state index contributed by atoms with van der Waals surface area (Å²) in [5.41, 5.74) is 12.2. The molecule has 13 heavy (non-hydrogen) atoms. The molecule has 0 N–H and O–H groups in total. The maximum absolute atomic E-state index is 4.85. The monoisotopic (exact) mass is 159 g/mol. The van der Waals surface area contributed by atoms with Crippen molar-refractivity contribution in [1.29, 1.82) is 0 Å². The fraction of sp³-hybridized carbons (Fsp3) is 0. The molecule has 0 atom stereocenters. The second-order valence-electron chi connectivity index (χ2n) is 1.45. The average Bonchev–Trinajstić information content (AvgIpc) is 2.16. The molecule has 0 bridgehead atoms. The minimum absolute atomic E-state index is 2.12. The first-order valence-electron chi connectivity index (χ1n) is 3.14. The Morgan fingerprint density at radius 3 is 2.15 bits per heavy atom. The van der Waals surface area contributed by atoms with Crippen molar-refractivity contribution in [2.75, 3.05) is 0 Å². The van der Waals surface area contributed by atoms with Gasteiger partial charge in [0.25, 0.3) is 0 Å². The fourth-order valence-electron chi connectivity index (χ4n) is 0.299. The fourth-order valence-corrected chi connectivity index (χ4v) is 0.299. The SMILES string of the molecule is C#CC#CC#C[C]=C=C=C=C=C=C. The quantitative estimate of drug-likeness (QED) is 0.370. The first-order valence-corrected chi connectivity index (χ1v) is 3.14. The van der Waals surface area contributed by atoms with Crippen molar-refractivity contribution < 1.29 is 0 Å². The molecule has 0 rings (SSSR count). The molecule has 1 radical (unpaired) electrons. The van der Waals surface area contributed by atoms with E-state index in [-0.39, 0.29) is 0 Å². The van der Waals surface area contributed by atoms with Crippen LogP contribution in [0.5, 0.6) is 0 Å². The Kier molecular flexibility index (Phi) is 7.40. The highest BCUT2D eigenvalue weighted by Gasteiger charge is 1.53. The molecule has 0 saturated heterocycles. The van der Waals surface area contributed by atoms with Crippen LogP contribution < -0.4 is 0 Å². The summed E-state index contributed by atoms with van der Waals surface area (Å²) in [4.78, 5) is 0. The van der Waals surface area contributed by atoms with Crippen LogP contribution in [0, 0.1) is 42.1 Å². The van der Waals surface area contributed by atoms with Gasteiger partial charge in [-0.05, 0) is 59.1 Å². The topological polar surface area (TPSA) is 0 Å². The van der Waals surface area contributed by atoms with Gasteiger partial charge in [0.05, 0.1) is 0 Å². The maximum Gasteiger partial charge on any atom is 0.101 e. The van der Waals surface area contributed by atoms with Gasteiger partial charge in [-0.15, -0.1) is 6.42 Å². The van der Waals surface area contributed by atoms with E-state index in [1.54, 1.807) is 0 Å². The van der Waals surface area contributed by atoms with E-state index in [1.165, 1.54) is 0 Å². The molecule has 0 unspecified atom stereocenters. The lowest BCUT2D eigenvalue weighted by molar-refractivity contribution is 2.06. The van der Waals surface area contributed by atoms with Crippen molar-refractivity contribution in [3.05, 3.63) is 41.3 Å². The minimum Gasteiger partial charge on any atom is -0.106 e. The predicted octanol–water partition coefficient (Wildman–Crippen LogP) is 1.39. The van der Waals surface area contributed by atoms with Crippen LogP contribution in [0.4, 0.5) is 0 Å². The molecule has 0 fully saturated rings. The lowest BCUT2D eigenvalue weighted by Crippen LogP contribution is -1.49. The largest absolute Gasteiger partial charge is 0.106 e. The standard InChI is InChI=1S/C13H3/c1-3-5-7-9-11-13-12-10-8-6-4-2/h1H,2H2. The molecule has 0 aliphatic carbocycles. The van der Waals surface area contributed by atoms with Crippen LogP contribution in [-0.4, -0.2) is 0 Å². The summed E-state index contributed by atoms with van der Waals surface area (Å²) in [7, 11) is 0. The Hall–Kier alpha value is -2.68. The van der Waals surface area contributed by atoms with E-state index >= 15 is 0 Å². The summed E-state index contributed by atoms with van der Waals surface area (Å²) < 4.78 is 0. The summed E-state index contributed by atoms with van der Waals surface area (Å²) in [6, 6.07) is 0. The second kappa shape index (κ2) is 9.32. The summed E-state index contributed by atoms with van der Waals surface area (Å²) in [5, 5.41) is 0. The molecule has 0 heteroatoms. The van der Waals surface area contributed by atoms with Gasteiger partial charge >= 0.3 is 0 Å². The van der Waals surface area contributed by atoms with Crippen molar-refractivity contribution in [2.24, 2.45) is 0 Å². The Bertz CT molecular complexity index is 513. The number of terminal acetylenes is 1. The average molecular weight is 159 g/mol. The van der Waals surface area contributed by atoms with Crippen LogP contribution in [0.25, 0.3) is 0 Å². The molecule has 0 heterocycles. The van der Waals surface area contributed by atoms with Crippen LogP contribution in [0.2, 0.25) is 0 Å². The number of allylic oxidation sites excluding steroid dienone is 1. The number of hydrogen-bond donors (Lipinski definition) is 0. The van der Waals surface area contributed by atoms with Crippen molar-refractivity contribution in [1.82, 2.24) is 0 Å². The van der Waals surface area contributed by atoms with E-state index in [2.05, 4.69) is 70.9 Å². The zero-order valence-corrected chi connectivity index (χ0v) is 6.78. The van der Waals surface area contributed by atoms with Crippen LogP contribution in [0.15, 0.2) is 35.2 Å². The molecule has 0 amide bonds. The van der Waals surface area contributed by atoms with Crippen molar-refractivity contribution >= 4 is 0 Å². The van der Waals surface area contributed by atoms with Crippen molar-refractivity contribution in [3.8, 4) is 36.0 Å². The number of hydrogen-bond acceptors (Lipinski definition) is 0. The summed E-state index contributed by atoms with van der Waals surface area (Å²) in [5.74, 6) is 11.7. The van der Waals surface area contributed by atoms with Crippen LogP contribution in [-0.2, 0) is 0 Å². The van der Waals surface area contributed by atoms with Gasteiger partial charge in [0, 0.05) is 0 Å². The molecule has 0 aliphatic heterocycles. The van der Waals surface area contributed by atoms with Crippen LogP contribution in [0.3, 0.4) is 0 Å². The van der Waals surface area contributed by atoms with Gasteiger partial charge in [0.2, 0.25) is 0 Å². The first-order chi connectivity index (χ1) is 6.41. The normalized spacial score (nSPS) is 3.92. The van der Waals surface area contributed by atoms with Gasteiger partial charge in [0.1, 0.15) is 6.08 Å². The zero-order valence-electron chi connectivity index (χ0n) is 6.78. The molecule has 0 spiro atoms. The highest BCUT2D eigenvalue weighted by atomic mass is 13.5. The van der Waals surface area contributed by atoms with E-state index in [9.17, 15) is 0 Å². The first kappa shape index (κ1) is 10.3. The molecule has 0 aliphatic rings. The van der Waals surface area contributed by atoms with Gasteiger partial charge in [-0.25, -0.2) is 0 Å². The molecular formula is C13H3. The molecule has 0 nitrogen and oxygen atoms in total. The van der Waals surface area contributed by atoms with Crippen molar-refractivity contribution in [2.45, 2.75) is 0 Å². The molecule has 0 saturated carbocycles. The number of rotatable bonds is 0. The van der Waals surface area contributed by atoms with E-state index in [1.807, 2.05) is 0 Å². The third kappa shape index (κ3) is 9.32. The third-order valence-corrected chi connectivity index (χ3v) is 0.661. The minimum atomic E-state index is 2.12. The van der Waals surface area contributed by atoms with Crippen molar-refractivity contribution in [3.63, 3.8) is 0 Å². The van der Waals surface area contributed by atoms with E-state index < -0.39 is 0 Å². The lowest BCUT2D eigenvalue weighted by Gasteiger charge is -1.52. The third-order valence-electron chi connectivity index (χ3n) is 0.661. The molecular weight excluding hydrogens is 156 g/mol. The van der Waals surface area contributed by atoms with E-state index in [4.69, 9.17) is 6.42 Å². The Morgan fingerprint density at radius 2 is 1.46 bits per heavy atom. The predicted molar refractivity (Wildman–Crippen MR) is 50.8 cm³/mol. The molecule has 55 valence electrons. The smallest absolute Gasteiger partial charge is 0.101 e. The van der Waals surface area contributed by atoms with Gasteiger partial charge in [-0.2, -0.15) is 0 Å². The Morgan fingerprint density at radius 1 is 0.769 bits per heavy atom. The van der Waals surface area contributed by atoms with E-state index in [0.717, 1.165) is 0 Å². The maximum atomic E-state index is 4.85. The van der Waals surface area contributed by atoms with Gasteiger partial charge < -0.3 is 0 Å². The van der Waals surface area contributed by atoms with Crippen LogP contribution in [0.1, 0.15) is 0 Å². The van der Waals surface area contributed by atoms with E-state index in [0.29, 0.717) is 0 Å². The summed E-state index contributed by atoms with van der Waals surface area (Å²) >= 11 is 0. The zero-order chi connectivity index (χ0) is 9.78. The second-order valence-corrected chi connectivity index (χ2v) is 1.45. The van der Waals surface area contributed by atoms with Gasteiger partial charge in [0.15, 0.2) is 0 Å². The summed E-state index contributed by atoms with van der Waals surface area (Å²) in [6.45, 7) is 3.28. The molecule has 0 aromatic heterocycles. The van der Waals surface area contributed by atoms with Crippen LogP contribution >= 0.6 is 0 Å². The molecule has 0 aromatic rings. The van der Waals surface area contributed by atoms with Gasteiger partial charge in [-0.1, -0.05) is 5.73 Å². The van der Waals surface area contributed by atoms with Gasteiger partial charge in [-0.3, -0.25) is 0 Å².